The Labute approximate surface area is 114 Å². The van der Waals surface area contributed by atoms with Crippen LogP contribution in [0.1, 0.15) is 37.9 Å². The average molecular weight is 266 g/mol. The van der Waals surface area contributed by atoms with E-state index in [1.807, 2.05) is 6.33 Å². The molecule has 1 saturated carbocycles. The molecule has 3 rings (SSSR count). The zero-order chi connectivity index (χ0) is 12.4. The summed E-state index contributed by atoms with van der Waals surface area (Å²) in [6.07, 6.45) is 8.71. The summed E-state index contributed by atoms with van der Waals surface area (Å²) in [7, 11) is 0. The first-order valence-electron chi connectivity index (χ1n) is 7.01. The zero-order valence-electron chi connectivity index (χ0n) is 10.9. The van der Waals surface area contributed by atoms with Gasteiger partial charge in [0.05, 0.1) is 6.54 Å². The quantitative estimate of drug-likeness (QED) is 0.849. The minimum Gasteiger partial charge on any atom is -0.315 e. The van der Waals surface area contributed by atoms with Gasteiger partial charge in [0.15, 0.2) is 0 Å². The maximum absolute atomic E-state index is 4.63. The summed E-state index contributed by atoms with van der Waals surface area (Å²) in [5.74, 6) is 2.14. The van der Waals surface area contributed by atoms with Gasteiger partial charge in [0.2, 0.25) is 0 Å². The molecule has 1 aromatic heterocycles. The van der Waals surface area contributed by atoms with Gasteiger partial charge in [-0.05, 0) is 24.0 Å². The van der Waals surface area contributed by atoms with Crippen LogP contribution in [0.4, 0.5) is 0 Å². The third-order valence-corrected chi connectivity index (χ3v) is 5.20. The van der Waals surface area contributed by atoms with E-state index in [0.29, 0.717) is 5.41 Å². The van der Waals surface area contributed by atoms with E-state index in [0.717, 1.165) is 31.2 Å². The van der Waals surface area contributed by atoms with Gasteiger partial charge in [-0.15, -0.1) is 10.2 Å². The lowest BCUT2D eigenvalue weighted by atomic mass is 9.75. The first-order valence-corrected chi connectivity index (χ1v) is 7.64. The van der Waals surface area contributed by atoms with E-state index in [2.05, 4.69) is 32.3 Å². The number of aromatic nitrogens is 3. The predicted molar refractivity (Wildman–Crippen MR) is 74.7 cm³/mol. The average Bonchev–Trinajstić information content (AvgIpc) is 2.87. The number of fused-ring (bicyclic) bond motifs is 1. The highest BCUT2D eigenvalue weighted by atomic mass is 32.1. The van der Waals surface area contributed by atoms with Crippen LogP contribution in [0.15, 0.2) is 6.33 Å². The third-order valence-electron chi connectivity index (χ3n) is 4.53. The van der Waals surface area contributed by atoms with E-state index in [1.54, 1.807) is 0 Å². The lowest BCUT2D eigenvalue weighted by Crippen LogP contribution is -2.43. The first-order chi connectivity index (χ1) is 8.81. The minimum absolute atomic E-state index is 0.448. The molecular weight excluding hydrogens is 244 g/mol. The maximum Gasteiger partial charge on any atom is 0.147 e. The SMILES string of the molecule is SCC1(CN2CCn3cnnc3C2)CCCCC1. The lowest BCUT2D eigenvalue weighted by molar-refractivity contribution is 0.104. The standard InChI is InChI=1S/C13H22N4S/c18-10-13(4-2-1-3-5-13)9-16-6-7-17-11-14-15-12(17)8-16/h11,18H,1-10H2. The number of hydrogen-bond donors (Lipinski definition) is 1. The zero-order valence-corrected chi connectivity index (χ0v) is 11.8. The van der Waals surface area contributed by atoms with Crippen LogP contribution in [0.25, 0.3) is 0 Å². The second-order valence-electron chi connectivity index (χ2n) is 5.87. The van der Waals surface area contributed by atoms with Gasteiger partial charge < -0.3 is 4.57 Å². The fourth-order valence-electron chi connectivity index (χ4n) is 3.39. The van der Waals surface area contributed by atoms with E-state index >= 15 is 0 Å². The summed E-state index contributed by atoms with van der Waals surface area (Å²) >= 11 is 4.63. The Balaban J connectivity index is 1.66. The summed E-state index contributed by atoms with van der Waals surface area (Å²) in [5, 5.41) is 8.19. The maximum atomic E-state index is 4.63. The second-order valence-corrected chi connectivity index (χ2v) is 6.19. The van der Waals surface area contributed by atoms with E-state index in [9.17, 15) is 0 Å². The number of thiol groups is 1. The molecule has 2 heterocycles. The van der Waals surface area contributed by atoms with Gasteiger partial charge in [-0.2, -0.15) is 12.6 Å². The largest absolute Gasteiger partial charge is 0.315 e. The van der Waals surface area contributed by atoms with Crippen molar-refractivity contribution in [3.05, 3.63) is 12.2 Å². The van der Waals surface area contributed by atoms with Crippen molar-refractivity contribution in [1.29, 1.82) is 0 Å². The van der Waals surface area contributed by atoms with Gasteiger partial charge in [-0.3, -0.25) is 4.90 Å². The van der Waals surface area contributed by atoms with Crippen molar-refractivity contribution in [2.24, 2.45) is 5.41 Å². The molecule has 5 heteroatoms. The van der Waals surface area contributed by atoms with Crippen molar-refractivity contribution in [3.8, 4) is 0 Å². The van der Waals surface area contributed by atoms with Crippen LogP contribution in [0.3, 0.4) is 0 Å². The van der Waals surface area contributed by atoms with Crippen LogP contribution in [0.2, 0.25) is 0 Å². The fraction of sp³-hybridized carbons (Fsp3) is 0.846. The minimum atomic E-state index is 0.448. The molecule has 100 valence electrons. The number of nitrogens with zero attached hydrogens (tertiary/aromatic N) is 4. The molecule has 0 bridgehead atoms. The third kappa shape index (κ3) is 2.43. The lowest BCUT2D eigenvalue weighted by Gasteiger charge is -2.41. The van der Waals surface area contributed by atoms with Gasteiger partial charge in [-0.25, -0.2) is 0 Å². The molecule has 0 saturated heterocycles. The molecule has 0 spiro atoms. The highest BCUT2D eigenvalue weighted by molar-refractivity contribution is 7.80. The molecule has 0 radical (unpaired) electrons. The van der Waals surface area contributed by atoms with Gasteiger partial charge in [0.1, 0.15) is 12.2 Å². The van der Waals surface area contributed by atoms with Gasteiger partial charge >= 0.3 is 0 Å². The first kappa shape index (κ1) is 12.5. The van der Waals surface area contributed by atoms with Gasteiger partial charge in [0.25, 0.3) is 0 Å². The van der Waals surface area contributed by atoms with Crippen molar-refractivity contribution in [2.75, 3.05) is 18.8 Å². The Morgan fingerprint density at radius 1 is 1.22 bits per heavy atom. The monoisotopic (exact) mass is 266 g/mol. The molecule has 1 aromatic rings. The smallest absolute Gasteiger partial charge is 0.147 e. The Bertz CT molecular complexity index is 397. The summed E-state index contributed by atoms with van der Waals surface area (Å²) in [5.41, 5.74) is 0.448. The van der Waals surface area contributed by atoms with Crippen molar-refractivity contribution < 1.29 is 0 Å². The Kier molecular flexibility index (Phi) is 3.61. The van der Waals surface area contributed by atoms with E-state index in [1.165, 1.54) is 38.6 Å². The Morgan fingerprint density at radius 3 is 2.83 bits per heavy atom. The molecule has 0 unspecified atom stereocenters. The molecule has 1 aliphatic carbocycles. The van der Waals surface area contributed by atoms with Crippen molar-refractivity contribution in [2.45, 2.75) is 45.2 Å². The van der Waals surface area contributed by atoms with Crippen LogP contribution in [0.5, 0.6) is 0 Å². The molecule has 1 fully saturated rings. The van der Waals surface area contributed by atoms with E-state index in [-0.39, 0.29) is 0 Å². The normalized spacial score (nSPS) is 23.8. The predicted octanol–water partition coefficient (Wildman–Crippen LogP) is 1.97. The van der Waals surface area contributed by atoms with E-state index < -0.39 is 0 Å². The molecule has 2 aliphatic rings. The topological polar surface area (TPSA) is 34.0 Å². The molecule has 0 aromatic carbocycles. The molecule has 1 aliphatic heterocycles. The molecular formula is C13H22N4S. The van der Waals surface area contributed by atoms with Crippen LogP contribution in [0, 0.1) is 5.41 Å². The summed E-state index contributed by atoms with van der Waals surface area (Å²) in [4.78, 5) is 2.55. The Hall–Kier alpha value is -0.550. The second kappa shape index (κ2) is 5.21. The number of hydrogen-bond acceptors (Lipinski definition) is 4. The fourth-order valence-corrected chi connectivity index (χ4v) is 3.81. The molecule has 0 atom stereocenters. The van der Waals surface area contributed by atoms with Crippen LogP contribution in [-0.2, 0) is 13.1 Å². The van der Waals surface area contributed by atoms with Crippen molar-refractivity contribution in [3.63, 3.8) is 0 Å². The van der Waals surface area contributed by atoms with Gasteiger partial charge in [0, 0.05) is 19.6 Å². The highest BCUT2D eigenvalue weighted by Crippen LogP contribution is 2.38. The summed E-state index contributed by atoms with van der Waals surface area (Å²) in [6, 6.07) is 0. The van der Waals surface area contributed by atoms with E-state index in [4.69, 9.17) is 0 Å². The Morgan fingerprint density at radius 2 is 2.06 bits per heavy atom. The molecule has 0 N–H and O–H groups in total. The molecule has 4 nitrogen and oxygen atoms in total. The molecule has 18 heavy (non-hydrogen) atoms. The summed E-state index contributed by atoms with van der Waals surface area (Å²) < 4.78 is 2.17. The number of rotatable bonds is 3. The van der Waals surface area contributed by atoms with Gasteiger partial charge in [-0.1, -0.05) is 19.3 Å². The van der Waals surface area contributed by atoms with Crippen LogP contribution >= 0.6 is 12.6 Å². The van der Waals surface area contributed by atoms with Crippen molar-refractivity contribution >= 4 is 12.6 Å². The molecule has 0 amide bonds. The van der Waals surface area contributed by atoms with Crippen LogP contribution in [-0.4, -0.2) is 38.5 Å². The van der Waals surface area contributed by atoms with Crippen molar-refractivity contribution in [1.82, 2.24) is 19.7 Å². The van der Waals surface area contributed by atoms with Crippen LogP contribution < -0.4 is 0 Å². The summed E-state index contributed by atoms with van der Waals surface area (Å²) in [6.45, 7) is 4.30. The highest BCUT2D eigenvalue weighted by Gasteiger charge is 2.33.